The van der Waals surface area contributed by atoms with Crippen molar-refractivity contribution in [2.24, 2.45) is 0 Å². The second-order valence-corrected chi connectivity index (χ2v) is 6.53. The molecule has 26 heavy (non-hydrogen) atoms. The molecule has 1 atom stereocenters. The molecule has 7 nitrogen and oxygen atoms in total. The van der Waals surface area contributed by atoms with Gasteiger partial charge in [0.2, 0.25) is 5.91 Å². The van der Waals surface area contributed by atoms with Crippen LogP contribution in [0, 0.1) is 0 Å². The quantitative estimate of drug-likeness (QED) is 0.451. The summed E-state index contributed by atoms with van der Waals surface area (Å²) in [6, 6.07) is 4.12. The van der Waals surface area contributed by atoms with Gasteiger partial charge >= 0.3 is 0 Å². The highest BCUT2D eigenvalue weighted by Gasteiger charge is 2.35. The van der Waals surface area contributed by atoms with Crippen molar-refractivity contribution in [1.82, 2.24) is 5.48 Å². The lowest BCUT2D eigenvalue weighted by Gasteiger charge is -2.19. The maximum Gasteiger partial charge on any atom is 0.265 e. The topological polar surface area (TPSA) is 87.7 Å². The zero-order chi connectivity index (χ0) is 19.4. The molecule has 1 aromatic carbocycles. The lowest BCUT2D eigenvalue weighted by atomic mass is 10.1. The van der Waals surface area contributed by atoms with Gasteiger partial charge < -0.3 is 5.32 Å². The van der Waals surface area contributed by atoms with Crippen LogP contribution in [0.15, 0.2) is 29.3 Å². The third kappa shape index (κ3) is 4.23. The van der Waals surface area contributed by atoms with Gasteiger partial charge in [0.25, 0.3) is 11.8 Å². The van der Waals surface area contributed by atoms with Crippen LogP contribution in [-0.2, 0) is 19.2 Å². The average molecular weight is 380 g/mol. The SMILES string of the molecule is CCONC(=O)C(C)Nc1cc(N2C(=O)CC(=C(C)C)C2=O)ccc1Cl. The molecule has 0 spiro atoms. The molecule has 0 aromatic heterocycles. The van der Waals surface area contributed by atoms with Crippen molar-refractivity contribution >= 4 is 40.7 Å². The number of allylic oxidation sites excluding steroid dienone is 1. The van der Waals surface area contributed by atoms with Gasteiger partial charge in [0.1, 0.15) is 6.04 Å². The lowest BCUT2D eigenvalue weighted by Crippen LogP contribution is -2.37. The van der Waals surface area contributed by atoms with Gasteiger partial charge in [-0.3, -0.25) is 19.2 Å². The first-order valence-corrected chi connectivity index (χ1v) is 8.65. The summed E-state index contributed by atoms with van der Waals surface area (Å²) in [6.07, 6.45) is 0.0831. The molecule has 1 fully saturated rings. The van der Waals surface area contributed by atoms with Crippen LogP contribution in [0.4, 0.5) is 11.4 Å². The summed E-state index contributed by atoms with van der Waals surface area (Å²) in [5.74, 6) is -0.986. The Morgan fingerprint density at radius 3 is 2.62 bits per heavy atom. The average Bonchev–Trinajstić information content (AvgIpc) is 2.89. The minimum atomic E-state index is -0.632. The van der Waals surface area contributed by atoms with E-state index >= 15 is 0 Å². The first-order chi connectivity index (χ1) is 12.3. The Balaban J connectivity index is 2.25. The van der Waals surface area contributed by atoms with E-state index in [1.54, 1.807) is 45.9 Å². The molecular formula is C18H22ClN3O4. The summed E-state index contributed by atoms with van der Waals surface area (Å²) < 4.78 is 0. The fourth-order valence-corrected chi connectivity index (χ4v) is 2.67. The Morgan fingerprint density at radius 1 is 1.35 bits per heavy atom. The normalized spacial score (nSPS) is 15.3. The van der Waals surface area contributed by atoms with Crippen molar-refractivity contribution in [2.45, 2.75) is 40.2 Å². The molecule has 2 rings (SSSR count). The number of hydrogen-bond acceptors (Lipinski definition) is 5. The number of amides is 3. The molecule has 1 aliphatic heterocycles. The molecule has 0 radical (unpaired) electrons. The molecule has 1 unspecified atom stereocenters. The summed E-state index contributed by atoms with van der Waals surface area (Å²) in [4.78, 5) is 42.7. The van der Waals surface area contributed by atoms with Crippen molar-refractivity contribution in [3.8, 4) is 0 Å². The van der Waals surface area contributed by atoms with E-state index in [9.17, 15) is 14.4 Å². The van der Waals surface area contributed by atoms with E-state index in [0.29, 0.717) is 28.6 Å². The highest BCUT2D eigenvalue weighted by atomic mass is 35.5. The first-order valence-electron chi connectivity index (χ1n) is 8.27. The molecular weight excluding hydrogens is 358 g/mol. The predicted octanol–water partition coefficient (Wildman–Crippen LogP) is 2.81. The van der Waals surface area contributed by atoms with Crippen LogP contribution in [0.25, 0.3) is 0 Å². The Labute approximate surface area is 157 Å². The van der Waals surface area contributed by atoms with Gasteiger partial charge in [-0.25, -0.2) is 10.4 Å². The van der Waals surface area contributed by atoms with E-state index < -0.39 is 6.04 Å². The summed E-state index contributed by atoms with van der Waals surface area (Å²) in [7, 11) is 0. The molecule has 1 aliphatic rings. The molecule has 2 N–H and O–H groups in total. The smallest absolute Gasteiger partial charge is 0.265 e. The van der Waals surface area contributed by atoms with Crippen LogP contribution in [0.3, 0.4) is 0 Å². The van der Waals surface area contributed by atoms with E-state index in [0.717, 1.165) is 10.5 Å². The predicted molar refractivity (Wildman–Crippen MR) is 99.8 cm³/mol. The second-order valence-electron chi connectivity index (χ2n) is 6.12. The first kappa shape index (κ1) is 19.9. The van der Waals surface area contributed by atoms with E-state index in [1.807, 2.05) is 0 Å². The number of hydrogen-bond donors (Lipinski definition) is 2. The summed E-state index contributed by atoms with van der Waals surface area (Å²) >= 11 is 6.18. The number of carbonyl (C=O) groups excluding carboxylic acids is 3. The Morgan fingerprint density at radius 2 is 2.04 bits per heavy atom. The number of rotatable bonds is 6. The van der Waals surface area contributed by atoms with Crippen LogP contribution < -0.4 is 15.7 Å². The van der Waals surface area contributed by atoms with Gasteiger partial charge in [-0.15, -0.1) is 0 Å². The lowest BCUT2D eigenvalue weighted by molar-refractivity contribution is -0.133. The van der Waals surface area contributed by atoms with E-state index in [4.69, 9.17) is 16.4 Å². The van der Waals surface area contributed by atoms with Crippen LogP contribution >= 0.6 is 11.6 Å². The minimum absolute atomic E-state index is 0.0831. The number of hydroxylamine groups is 1. The summed E-state index contributed by atoms with van der Waals surface area (Å²) in [5, 5.41) is 3.33. The zero-order valence-corrected chi connectivity index (χ0v) is 15.9. The fourth-order valence-electron chi connectivity index (χ4n) is 2.50. The van der Waals surface area contributed by atoms with Crippen LogP contribution in [0.5, 0.6) is 0 Å². The van der Waals surface area contributed by atoms with Gasteiger partial charge in [-0.1, -0.05) is 17.2 Å². The molecule has 1 aromatic rings. The number of imide groups is 1. The molecule has 140 valence electrons. The maximum absolute atomic E-state index is 12.5. The third-order valence-corrected chi connectivity index (χ3v) is 4.26. The van der Waals surface area contributed by atoms with Gasteiger partial charge in [-0.2, -0.15) is 0 Å². The Kier molecular flexibility index (Phi) is 6.39. The van der Waals surface area contributed by atoms with E-state index in [2.05, 4.69) is 10.8 Å². The largest absolute Gasteiger partial charge is 0.373 e. The third-order valence-electron chi connectivity index (χ3n) is 3.93. The molecule has 0 aliphatic carbocycles. The number of benzene rings is 1. The molecule has 1 heterocycles. The van der Waals surface area contributed by atoms with Gasteiger partial charge in [0.15, 0.2) is 0 Å². The van der Waals surface area contributed by atoms with E-state index in [-0.39, 0.29) is 24.1 Å². The van der Waals surface area contributed by atoms with Crippen molar-refractivity contribution in [2.75, 3.05) is 16.8 Å². The van der Waals surface area contributed by atoms with Crippen molar-refractivity contribution < 1.29 is 19.2 Å². The molecule has 3 amide bonds. The van der Waals surface area contributed by atoms with E-state index in [1.165, 1.54) is 0 Å². The maximum atomic E-state index is 12.5. The minimum Gasteiger partial charge on any atom is -0.373 e. The van der Waals surface area contributed by atoms with Crippen LogP contribution in [-0.4, -0.2) is 30.4 Å². The zero-order valence-electron chi connectivity index (χ0n) is 15.2. The number of carbonyl (C=O) groups is 3. The van der Waals surface area contributed by atoms with Gasteiger partial charge in [0, 0.05) is 5.57 Å². The second kappa shape index (κ2) is 8.33. The number of halogens is 1. The fraction of sp³-hybridized carbons (Fsp3) is 0.389. The van der Waals surface area contributed by atoms with Crippen LogP contribution in [0.1, 0.15) is 34.1 Å². The van der Waals surface area contributed by atoms with Crippen molar-refractivity contribution in [3.63, 3.8) is 0 Å². The van der Waals surface area contributed by atoms with Crippen molar-refractivity contribution in [3.05, 3.63) is 34.4 Å². The highest BCUT2D eigenvalue weighted by Crippen LogP contribution is 2.33. The summed E-state index contributed by atoms with van der Waals surface area (Å²) in [5.41, 5.74) is 4.47. The molecule has 1 saturated heterocycles. The monoisotopic (exact) mass is 379 g/mol. The summed E-state index contributed by atoms with van der Waals surface area (Å²) in [6.45, 7) is 7.35. The molecule has 0 bridgehead atoms. The van der Waals surface area contributed by atoms with Crippen molar-refractivity contribution in [1.29, 1.82) is 0 Å². The van der Waals surface area contributed by atoms with Gasteiger partial charge in [0.05, 0.1) is 29.4 Å². The van der Waals surface area contributed by atoms with Crippen LogP contribution in [0.2, 0.25) is 5.02 Å². The highest BCUT2D eigenvalue weighted by molar-refractivity contribution is 6.34. The van der Waals surface area contributed by atoms with Gasteiger partial charge in [-0.05, 0) is 45.9 Å². The molecule has 0 saturated carbocycles. The Bertz CT molecular complexity index is 772. The number of nitrogens with zero attached hydrogens (tertiary/aromatic N) is 1. The standard InChI is InChI=1S/C18H22ClN3O4/c1-5-26-21-17(24)11(4)20-15-8-12(6-7-14(15)19)22-16(23)9-13(10(2)3)18(22)25/h6-8,11,20H,5,9H2,1-4H3,(H,21,24). The Hall–Kier alpha value is -2.38. The molecule has 8 heteroatoms. The number of anilines is 2. The number of nitrogens with one attached hydrogen (secondary N) is 2.